The van der Waals surface area contributed by atoms with Gasteiger partial charge in [0.1, 0.15) is 6.23 Å². The molecule has 0 aromatic heterocycles. The van der Waals surface area contributed by atoms with E-state index in [0.29, 0.717) is 19.4 Å². The van der Waals surface area contributed by atoms with Gasteiger partial charge in [-0.2, -0.15) is 0 Å². The average molecular weight is 341 g/mol. The van der Waals surface area contributed by atoms with E-state index in [1.807, 2.05) is 6.92 Å². The Kier molecular flexibility index (Phi) is 9.07. The number of amides is 1. The van der Waals surface area contributed by atoms with Crippen molar-refractivity contribution in [3.63, 3.8) is 0 Å². The minimum Gasteiger partial charge on any atom is -0.479 e. The predicted molar refractivity (Wildman–Crippen MR) is 91.8 cm³/mol. The highest BCUT2D eigenvalue weighted by Gasteiger charge is 2.26. The molecule has 1 aliphatic heterocycles. The number of amidine groups is 1. The lowest BCUT2D eigenvalue weighted by Gasteiger charge is -2.21. The maximum absolute atomic E-state index is 14.4. The molecule has 0 radical (unpaired) electrons. The highest BCUT2D eigenvalue weighted by Crippen LogP contribution is 2.22. The summed E-state index contributed by atoms with van der Waals surface area (Å²) in [7, 11) is 1.44. The summed E-state index contributed by atoms with van der Waals surface area (Å²) >= 11 is 0. The van der Waals surface area contributed by atoms with Crippen molar-refractivity contribution in [1.29, 1.82) is 0 Å². The first-order valence-corrected chi connectivity index (χ1v) is 8.33. The molecular weight excluding hydrogens is 313 g/mol. The smallest absolute Gasteiger partial charge is 0.215 e. The Morgan fingerprint density at radius 3 is 2.79 bits per heavy atom. The molecule has 2 atom stereocenters. The van der Waals surface area contributed by atoms with E-state index in [4.69, 9.17) is 9.47 Å². The summed E-state index contributed by atoms with van der Waals surface area (Å²) in [6.07, 6.45) is 5.79. The fraction of sp³-hybridized carbons (Fsp3) is 0.647. The van der Waals surface area contributed by atoms with Crippen LogP contribution >= 0.6 is 0 Å². The number of nitrogens with zero attached hydrogens (tertiary/aromatic N) is 2. The van der Waals surface area contributed by atoms with Crippen LogP contribution in [0.4, 0.5) is 4.39 Å². The summed E-state index contributed by atoms with van der Waals surface area (Å²) in [6.45, 7) is 8.22. The highest BCUT2D eigenvalue weighted by molar-refractivity contribution is 5.97. The van der Waals surface area contributed by atoms with E-state index in [-0.39, 0.29) is 17.8 Å². The van der Waals surface area contributed by atoms with E-state index in [2.05, 4.69) is 23.8 Å². The quantitative estimate of drug-likeness (QED) is 0.218. The third-order valence-corrected chi connectivity index (χ3v) is 3.66. The second-order valence-corrected chi connectivity index (χ2v) is 5.68. The molecule has 0 aromatic carbocycles. The van der Waals surface area contributed by atoms with Crippen LogP contribution in [0, 0.1) is 0 Å². The number of halogens is 1. The molecule has 1 amide bonds. The molecule has 0 spiro atoms. The second kappa shape index (κ2) is 10.8. The largest absolute Gasteiger partial charge is 0.479 e. The Balaban J connectivity index is 2.59. The van der Waals surface area contributed by atoms with Crippen LogP contribution in [0.15, 0.2) is 29.5 Å². The lowest BCUT2D eigenvalue weighted by Crippen LogP contribution is -2.31. The topological polar surface area (TPSA) is 63.2 Å². The van der Waals surface area contributed by atoms with Crippen LogP contribution in [-0.4, -0.2) is 43.1 Å². The van der Waals surface area contributed by atoms with E-state index in [1.54, 1.807) is 0 Å². The highest BCUT2D eigenvalue weighted by atomic mass is 19.1. The molecule has 0 bridgehead atoms. The van der Waals surface area contributed by atoms with Crippen LogP contribution in [0.1, 0.15) is 46.0 Å². The van der Waals surface area contributed by atoms with Crippen LogP contribution in [0.5, 0.6) is 0 Å². The first-order valence-electron chi connectivity index (χ1n) is 8.33. The zero-order valence-corrected chi connectivity index (χ0v) is 14.8. The van der Waals surface area contributed by atoms with Crippen LogP contribution in [0.3, 0.4) is 0 Å². The maximum Gasteiger partial charge on any atom is 0.215 e. The third kappa shape index (κ3) is 6.70. The number of unbranched alkanes of at least 4 members (excludes halogenated alkanes) is 2. The molecule has 1 heterocycles. The summed E-state index contributed by atoms with van der Waals surface area (Å²) in [5.41, 5.74) is 0. The molecular formula is C17H28FN3O3. The van der Waals surface area contributed by atoms with E-state index >= 15 is 0 Å². The molecule has 0 aromatic rings. The Bertz CT molecular complexity index is 480. The Hall–Kier alpha value is -1.89. The van der Waals surface area contributed by atoms with Crippen molar-refractivity contribution in [2.24, 2.45) is 4.99 Å². The molecule has 0 saturated carbocycles. The lowest BCUT2D eigenvalue weighted by atomic mass is 10.2. The van der Waals surface area contributed by atoms with Crippen LogP contribution in [-0.2, 0) is 14.3 Å². The van der Waals surface area contributed by atoms with Gasteiger partial charge < -0.3 is 14.8 Å². The number of hydrogen-bond donors (Lipinski definition) is 1. The Morgan fingerprint density at radius 1 is 1.50 bits per heavy atom. The summed E-state index contributed by atoms with van der Waals surface area (Å²) in [5, 5.41) is 2.68. The van der Waals surface area contributed by atoms with Gasteiger partial charge in [0.05, 0.1) is 12.7 Å². The van der Waals surface area contributed by atoms with Crippen molar-refractivity contribution in [2.75, 3.05) is 13.7 Å². The second-order valence-electron chi connectivity index (χ2n) is 5.68. The summed E-state index contributed by atoms with van der Waals surface area (Å²) in [6, 6.07) is 0. The molecule has 6 nitrogen and oxygen atoms in total. The number of rotatable bonds is 10. The van der Waals surface area contributed by atoms with Gasteiger partial charge in [-0.25, -0.2) is 4.39 Å². The Morgan fingerprint density at radius 2 is 2.25 bits per heavy atom. The maximum atomic E-state index is 14.4. The van der Waals surface area contributed by atoms with E-state index < -0.39 is 12.1 Å². The van der Waals surface area contributed by atoms with Crippen LogP contribution in [0.2, 0.25) is 0 Å². The van der Waals surface area contributed by atoms with E-state index in [0.717, 1.165) is 31.9 Å². The van der Waals surface area contributed by atoms with Gasteiger partial charge >= 0.3 is 0 Å². The van der Waals surface area contributed by atoms with Gasteiger partial charge in [0, 0.05) is 13.2 Å². The van der Waals surface area contributed by atoms with Gasteiger partial charge in [0.25, 0.3) is 0 Å². The summed E-state index contributed by atoms with van der Waals surface area (Å²) in [4.78, 5) is 16.2. The molecule has 136 valence electrons. The molecule has 1 fully saturated rings. The summed E-state index contributed by atoms with van der Waals surface area (Å²) < 4.78 is 25.3. The van der Waals surface area contributed by atoms with Gasteiger partial charge in [-0.1, -0.05) is 19.8 Å². The minimum atomic E-state index is -0.689. The number of aliphatic imine (C=N–C) groups is 1. The van der Waals surface area contributed by atoms with Crippen molar-refractivity contribution in [3.05, 3.63) is 24.5 Å². The lowest BCUT2D eigenvalue weighted by molar-refractivity contribution is -0.125. The zero-order valence-electron chi connectivity index (χ0n) is 14.8. The first kappa shape index (κ1) is 20.2. The van der Waals surface area contributed by atoms with Crippen LogP contribution in [0.25, 0.3) is 0 Å². The number of nitrogens with one attached hydrogen (secondary N) is 1. The van der Waals surface area contributed by atoms with Gasteiger partial charge in [-0.15, -0.1) is 0 Å². The zero-order chi connectivity index (χ0) is 17.9. The molecule has 1 aliphatic rings. The van der Waals surface area contributed by atoms with Gasteiger partial charge in [-0.3, -0.25) is 14.7 Å². The molecule has 1 saturated heterocycles. The average Bonchev–Trinajstić information content (AvgIpc) is 3.00. The first-order chi connectivity index (χ1) is 11.5. The third-order valence-electron chi connectivity index (χ3n) is 3.66. The molecule has 1 N–H and O–H groups in total. The van der Waals surface area contributed by atoms with Crippen molar-refractivity contribution in [2.45, 2.75) is 58.3 Å². The van der Waals surface area contributed by atoms with E-state index in [9.17, 15) is 9.18 Å². The standard InChI is InChI=1S/C17H28FN3O3/c1-5-6-7-10-23-14(3)20-17(19-4)15(18)11-21(12-22)16-9-8-13(2)24-16/h11-13,16H,3,5-10H2,1-2,4H3,(H,19,20)/b15-11+. The molecule has 1 rings (SSSR count). The van der Waals surface area contributed by atoms with Crippen LogP contribution < -0.4 is 5.32 Å². The van der Waals surface area contributed by atoms with Crippen molar-refractivity contribution in [1.82, 2.24) is 10.2 Å². The number of hydrogen-bond acceptors (Lipinski definition) is 4. The van der Waals surface area contributed by atoms with Crippen molar-refractivity contribution in [3.8, 4) is 0 Å². The van der Waals surface area contributed by atoms with Gasteiger partial charge in [0.2, 0.25) is 6.41 Å². The van der Waals surface area contributed by atoms with Gasteiger partial charge in [0.15, 0.2) is 17.5 Å². The number of carbonyl (C=O) groups is 1. The van der Waals surface area contributed by atoms with Gasteiger partial charge in [-0.05, 0) is 32.8 Å². The molecule has 2 unspecified atom stereocenters. The van der Waals surface area contributed by atoms with E-state index in [1.165, 1.54) is 11.9 Å². The fourth-order valence-corrected chi connectivity index (χ4v) is 2.31. The SMILES string of the molecule is C=C(NC(=NC)/C(F)=C\N(C=O)C1CCC(C)O1)OCCCCC. The monoisotopic (exact) mass is 341 g/mol. The minimum absolute atomic E-state index is 0.0478. The predicted octanol–water partition coefficient (Wildman–Crippen LogP) is 3.08. The van der Waals surface area contributed by atoms with Crippen molar-refractivity contribution < 1.29 is 18.7 Å². The number of ether oxygens (including phenoxy) is 2. The number of carbonyl (C=O) groups excluding carboxylic acids is 1. The molecule has 7 heteroatoms. The molecule has 24 heavy (non-hydrogen) atoms. The Labute approximate surface area is 143 Å². The molecule has 0 aliphatic carbocycles. The van der Waals surface area contributed by atoms with Crippen molar-refractivity contribution >= 4 is 12.2 Å². The fourth-order valence-electron chi connectivity index (χ4n) is 2.31. The summed E-state index contributed by atoms with van der Waals surface area (Å²) in [5.74, 6) is -0.516. The normalized spacial score (nSPS) is 21.5.